The first-order valence-corrected chi connectivity index (χ1v) is 5.89. The van der Waals surface area contributed by atoms with Crippen molar-refractivity contribution < 1.29 is 4.79 Å². The molecule has 0 aromatic heterocycles. The zero-order chi connectivity index (χ0) is 12.8. The van der Waals surface area contributed by atoms with Gasteiger partial charge in [0.2, 0.25) is 0 Å². The highest BCUT2D eigenvalue weighted by Gasteiger charge is 2.14. The number of aliphatic imine (C=N–C) groups is 1. The predicted molar refractivity (Wildman–Crippen MR) is 71.9 cm³/mol. The summed E-state index contributed by atoms with van der Waals surface area (Å²) in [6, 6.07) is 7.67. The summed E-state index contributed by atoms with van der Waals surface area (Å²) < 4.78 is 0. The Hall–Kier alpha value is -1.35. The third-order valence-electron chi connectivity index (χ3n) is 2.70. The van der Waals surface area contributed by atoms with Crippen LogP contribution in [0.5, 0.6) is 0 Å². The first kappa shape index (κ1) is 13.7. The van der Waals surface area contributed by atoms with Gasteiger partial charge >= 0.3 is 0 Å². The summed E-state index contributed by atoms with van der Waals surface area (Å²) in [4.78, 5) is 15.5. The number of amides is 1. The van der Waals surface area contributed by atoms with Crippen LogP contribution >= 0.6 is 11.6 Å². The second kappa shape index (κ2) is 6.40. The number of hydrogen-bond donors (Lipinski definition) is 1. The topological polar surface area (TPSA) is 41.5 Å². The van der Waals surface area contributed by atoms with E-state index in [1.807, 2.05) is 24.3 Å². The largest absolute Gasteiger partial charge is 0.354 e. The van der Waals surface area contributed by atoms with Crippen LogP contribution in [0.4, 0.5) is 0 Å². The molecule has 1 unspecified atom stereocenters. The maximum atomic E-state index is 11.5. The summed E-state index contributed by atoms with van der Waals surface area (Å²) in [5, 5.41) is 3.31. The summed E-state index contributed by atoms with van der Waals surface area (Å²) in [5.41, 5.74) is 1.72. The molecule has 3 nitrogen and oxygen atoms in total. The lowest BCUT2D eigenvalue weighted by Crippen LogP contribution is -2.28. The van der Waals surface area contributed by atoms with E-state index >= 15 is 0 Å². The van der Waals surface area contributed by atoms with Gasteiger partial charge in [0.25, 0.3) is 5.91 Å². The molecule has 0 fully saturated rings. The van der Waals surface area contributed by atoms with E-state index in [0.29, 0.717) is 12.1 Å². The van der Waals surface area contributed by atoms with Crippen molar-refractivity contribution in [3.05, 3.63) is 34.9 Å². The van der Waals surface area contributed by atoms with Crippen molar-refractivity contribution >= 4 is 23.2 Å². The van der Waals surface area contributed by atoms with Crippen molar-refractivity contribution in [2.45, 2.75) is 19.3 Å². The molecule has 4 heteroatoms. The molecule has 0 radical (unpaired) electrons. The van der Waals surface area contributed by atoms with Gasteiger partial charge in [0, 0.05) is 25.5 Å². The van der Waals surface area contributed by atoms with E-state index in [9.17, 15) is 4.79 Å². The Morgan fingerprint density at radius 1 is 1.41 bits per heavy atom. The summed E-state index contributed by atoms with van der Waals surface area (Å²) >= 11 is 5.83. The van der Waals surface area contributed by atoms with Crippen LogP contribution in [0.1, 0.15) is 24.8 Å². The zero-order valence-corrected chi connectivity index (χ0v) is 11.1. The van der Waals surface area contributed by atoms with Gasteiger partial charge in [0.05, 0.1) is 5.71 Å². The standard InChI is InChI=1S/C13H17ClN2O/c1-9(8-12(15-2)13(17)16-3)10-4-6-11(14)7-5-10/h4-7,9H,8H2,1-3H3,(H,16,17). The minimum atomic E-state index is -0.117. The Morgan fingerprint density at radius 3 is 2.47 bits per heavy atom. The Balaban J connectivity index is 2.74. The van der Waals surface area contributed by atoms with Crippen molar-refractivity contribution in [1.82, 2.24) is 5.32 Å². The summed E-state index contributed by atoms with van der Waals surface area (Å²) in [6.07, 6.45) is 0.623. The average Bonchev–Trinajstić information content (AvgIpc) is 2.35. The number of hydrogen-bond acceptors (Lipinski definition) is 2. The number of halogens is 1. The van der Waals surface area contributed by atoms with Gasteiger partial charge in [-0.15, -0.1) is 0 Å². The molecule has 1 atom stereocenters. The zero-order valence-electron chi connectivity index (χ0n) is 10.3. The van der Waals surface area contributed by atoms with Gasteiger partial charge in [-0.3, -0.25) is 9.79 Å². The van der Waals surface area contributed by atoms with Crippen LogP contribution in [0, 0.1) is 0 Å². The van der Waals surface area contributed by atoms with E-state index in [-0.39, 0.29) is 11.8 Å². The number of benzene rings is 1. The Bertz CT molecular complexity index is 412. The van der Waals surface area contributed by atoms with Gasteiger partial charge in [-0.1, -0.05) is 30.7 Å². The van der Waals surface area contributed by atoms with Crippen LogP contribution in [0.2, 0.25) is 5.02 Å². The van der Waals surface area contributed by atoms with Crippen LogP contribution in [0.25, 0.3) is 0 Å². The molecule has 17 heavy (non-hydrogen) atoms. The average molecular weight is 253 g/mol. The minimum absolute atomic E-state index is 0.117. The summed E-state index contributed by atoms with van der Waals surface area (Å²) in [5.74, 6) is 0.122. The quantitative estimate of drug-likeness (QED) is 0.823. The van der Waals surface area contributed by atoms with Gasteiger partial charge < -0.3 is 5.32 Å². The van der Waals surface area contributed by atoms with Crippen molar-refractivity contribution in [3.63, 3.8) is 0 Å². The molecular weight excluding hydrogens is 236 g/mol. The lowest BCUT2D eigenvalue weighted by molar-refractivity contribution is -0.114. The molecule has 0 bridgehead atoms. The van der Waals surface area contributed by atoms with Crippen LogP contribution in [-0.4, -0.2) is 25.7 Å². The van der Waals surface area contributed by atoms with Crippen LogP contribution in [0.15, 0.2) is 29.3 Å². The molecule has 0 aliphatic heterocycles. The highest BCUT2D eigenvalue weighted by molar-refractivity contribution is 6.38. The first-order chi connectivity index (χ1) is 8.08. The van der Waals surface area contributed by atoms with Crippen LogP contribution in [-0.2, 0) is 4.79 Å². The van der Waals surface area contributed by atoms with E-state index in [0.717, 1.165) is 10.6 Å². The summed E-state index contributed by atoms with van der Waals surface area (Å²) in [7, 11) is 3.25. The van der Waals surface area contributed by atoms with Crippen molar-refractivity contribution in [1.29, 1.82) is 0 Å². The monoisotopic (exact) mass is 252 g/mol. The van der Waals surface area contributed by atoms with E-state index < -0.39 is 0 Å². The van der Waals surface area contributed by atoms with Crippen molar-refractivity contribution in [2.24, 2.45) is 4.99 Å². The van der Waals surface area contributed by atoms with Gasteiger partial charge in [-0.25, -0.2) is 0 Å². The number of nitrogens with zero attached hydrogens (tertiary/aromatic N) is 1. The minimum Gasteiger partial charge on any atom is -0.354 e. The van der Waals surface area contributed by atoms with Crippen molar-refractivity contribution in [3.8, 4) is 0 Å². The molecule has 0 heterocycles. The van der Waals surface area contributed by atoms with E-state index in [1.54, 1.807) is 14.1 Å². The van der Waals surface area contributed by atoms with Crippen molar-refractivity contribution in [2.75, 3.05) is 14.1 Å². The number of rotatable bonds is 4. The van der Waals surface area contributed by atoms with E-state index in [4.69, 9.17) is 11.6 Å². The lowest BCUT2D eigenvalue weighted by atomic mass is 9.95. The molecule has 1 aromatic carbocycles. The number of carbonyl (C=O) groups excluding carboxylic acids is 1. The molecule has 1 rings (SSSR count). The molecule has 0 saturated heterocycles. The number of carbonyl (C=O) groups is 1. The van der Waals surface area contributed by atoms with E-state index in [1.165, 1.54) is 0 Å². The molecule has 1 N–H and O–H groups in total. The fraction of sp³-hybridized carbons (Fsp3) is 0.385. The lowest BCUT2D eigenvalue weighted by Gasteiger charge is -2.12. The molecule has 92 valence electrons. The fourth-order valence-electron chi connectivity index (χ4n) is 1.63. The first-order valence-electron chi connectivity index (χ1n) is 5.51. The van der Waals surface area contributed by atoms with E-state index in [2.05, 4.69) is 17.2 Å². The highest BCUT2D eigenvalue weighted by Crippen LogP contribution is 2.21. The van der Waals surface area contributed by atoms with Crippen LogP contribution < -0.4 is 5.32 Å². The highest BCUT2D eigenvalue weighted by atomic mass is 35.5. The number of nitrogens with one attached hydrogen (secondary N) is 1. The molecule has 1 aromatic rings. The van der Waals surface area contributed by atoms with Gasteiger partial charge in [-0.2, -0.15) is 0 Å². The molecule has 0 saturated carbocycles. The Kier molecular flexibility index (Phi) is 5.16. The Labute approximate surface area is 107 Å². The maximum absolute atomic E-state index is 11.5. The Morgan fingerprint density at radius 2 is 2.00 bits per heavy atom. The van der Waals surface area contributed by atoms with Gasteiger partial charge in [0.1, 0.15) is 0 Å². The molecule has 1 amide bonds. The fourth-order valence-corrected chi connectivity index (χ4v) is 1.75. The molecular formula is C13H17ClN2O. The molecule has 0 aliphatic rings. The normalized spacial score (nSPS) is 13.3. The predicted octanol–water partition coefficient (Wildman–Crippen LogP) is 2.65. The van der Waals surface area contributed by atoms with Crippen LogP contribution in [0.3, 0.4) is 0 Å². The second-order valence-corrected chi connectivity index (χ2v) is 4.34. The second-order valence-electron chi connectivity index (χ2n) is 3.91. The maximum Gasteiger partial charge on any atom is 0.264 e. The van der Waals surface area contributed by atoms with Gasteiger partial charge in [-0.05, 0) is 23.6 Å². The smallest absolute Gasteiger partial charge is 0.264 e. The van der Waals surface area contributed by atoms with Gasteiger partial charge in [0.15, 0.2) is 0 Å². The third-order valence-corrected chi connectivity index (χ3v) is 2.95. The summed E-state index contributed by atoms with van der Waals surface area (Å²) in [6.45, 7) is 2.07. The molecule has 0 spiro atoms. The third kappa shape index (κ3) is 3.86. The SMILES string of the molecule is CN=C(CC(C)c1ccc(Cl)cc1)C(=O)NC. The molecule has 0 aliphatic carbocycles.